The van der Waals surface area contributed by atoms with Crippen molar-refractivity contribution in [1.82, 2.24) is 5.32 Å². The summed E-state index contributed by atoms with van der Waals surface area (Å²) in [5, 5.41) is 3.25. The van der Waals surface area contributed by atoms with E-state index in [9.17, 15) is 4.79 Å². The molecule has 1 aliphatic heterocycles. The Kier molecular flexibility index (Phi) is 6.27. The molecule has 0 bridgehead atoms. The molecule has 0 unspecified atom stereocenters. The van der Waals surface area contributed by atoms with Crippen LogP contribution in [-0.4, -0.2) is 45.0 Å². The molecule has 0 spiro atoms. The standard InChI is InChI=1S/C29H31N5O/c1-20-11-13-22(14-12-20)33-15-17-34(18-16-33)25-10-6-9-23-26(25)27(32-29(30)31-2)24(28(23)35)19-21-7-4-3-5-8-21/h3-14H,15-19H2,1-2H3,(H3,30,31,32). The first-order valence-corrected chi connectivity index (χ1v) is 12.1. The lowest BCUT2D eigenvalue weighted by molar-refractivity contribution is 0.103. The Balaban J connectivity index is 1.47. The number of carbonyl (C=O) groups excluding carboxylic acids is 1. The average molecular weight is 466 g/mol. The number of fused-ring (bicyclic) bond motifs is 1. The fourth-order valence-corrected chi connectivity index (χ4v) is 4.93. The van der Waals surface area contributed by atoms with E-state index >= 15 is 0 Å². The van der Waals surface area contributed by atoms with Crippen LogP contribution in [0.3, 0.4) is 0 Å². The van der Waals surface area contributed by atoms with Gasteiger partial charge >= 0.3 is 0 Å². The minimum Gasteiger partial charge on any atom is -0.370 e. The van der Waals surface area contributed by atoms with Gasteiger partial charge in [-0.05, 0) is 30.7 Å². The molecule has 178 valence electrons. The number of nitrogens with one attached hydrogen (secondary N) is 1. The molecule has 3 N–H and O–H groups in total. The second kappa shape index (κ2) is 9.66. The van der Waals surface area contributed by atoms with Crippen molar-refractivity contribution in [3.05, 3.63) is 101 Å². The van der Waals surface area contributed by atoms with Gasteiger partial charge in [-0.25, -0.2) is 0 Å². The van der Waals surface area contributed by atoms with Gasteiger partial charge in [0.15, 0.2) is 11.7 Å². The topological polar surface area (TPSA) is 74.0 Å². The number of piperazine rings is 1. The molecule has 35 heavy (non-hydrogen) atoms. The van der Waals surface area contributed by atoms with Crippen LogP contribution in [-0.2, 0) is 6.42 Å². The highest BCUT2D eigenvalue weighted by atomic mass is 16.1. The maximum absolute atomic E-state index is 13.6. The van der Waals surface area contributed by atoms with E-state index in [1.807, 2.05) is 42.5 Å². The molecule has 6 nitrogen and oxygen atoms in total. The summed E-state index contributed by atoms with van der Waals surface area (Å²) in [7, 11) is 1.65. The Morgan fingerprint density at radius 1 is 0.914 bits per heavy atom. The number of carbonyl (C=O) groups is 1. The lowest BCUT2D eigenvalue weighted by atomic mass is 10.0. The molecule has 0 radical (unpaired) electrons. The number of rotatable bonds is 5. The number of hydrogen-bond acceptors (Lipinski definition) is 4. The van der Waals surface area contributed by atoms with Gasteiger partial charge in [-0.3, -0.25) is 9.79 Å². The first kappa shape index (κ1) is 22.7. The smallest absolute Gasteiger partial charge is 0.192 e. The van der Waals surface area contributed by atoms with E-state index in [4.69, 9.17) is 5.73 Å². The second-order valence-corrected chi connectivity index (χ2v) is 9.09. The van der Waals surface area contributed by atoms with Crippen LogP contribution in [0.1, 0.15) is 27.0 Å². The van der Waals surface area contributed by atoms with Crippen molar-refractivity contribution < 1.29 is 4.79 Å². The third-order valence-electron chi connectivity index (χ3n) is 6.85. The average Bonchev–Trinajstić information content (AvgIpc) is 3.16. The molecule has 0 amide bonds. The van der Waals surface area contributed by atoms with Crippen LogP contribution in [0.5, 0.6) is 0 Å². The zero-order valence-electron chi connectivity index (χ0n) is 20.3. The monoisotopic (exact) mass is 465 g/mol. The van der Waals surface area contributed by atoms with Crippen molar-refractivity contribution in [3.63, 3.8) is 0 Å². The van der Waals surface area contributed by atoms with Crippen LogP contribution < -0.4 is 20.9 Å². The van der Waals surface area contributed by atoms with Gasteiger partial charge in [-0.1, -0.05) is 60.2 Å². The molecule has 1 heterocycles. The van der Waals surface area contributed by atoms with Crippen LogP contribution in [0, 0.1) is 6.92 Å². The Bertz CT molecular complexity index is 1290. The summed E-state index contributed by atoms with van der Waals surface area (Å²) in [6, 6.07) is 24.8. The quantitative estimate of drug-likeness (QED) is 0.440. The van der Waals surface area contributed by atoms with E-state index in [-0.39, 0.29) is 5.78 Å². The Morgan fingerprint density at radius 3 is 2.29 bits per heavy atom. The van der Waals surface area contributed by atoms with Crippen molar-refractivity contribution in [1.29, 1.82) is 0 Å². The normalized spacial score (nSPS) is 16.1. The first-order chi connectivity index (χ1) is 17.0. The van der Waals surface area contributed by atoms with Crippen molar-refractivity contribution in [2.75, 3.05) is 43.0 Å². The number of aryl methyl sites for hydroxylation is 1. The summed E-state index contributed by atoms with van der Waals surface area (Å²) in [5.74, 6) is 0.348. The number of guanidine groups is 1. The molecular weight excluding hydrogens is 434 g/mol. The SMILES string of the molecule is CN=C(N)NC1=C(Cc2ccccc2)C(=O)c2cccc(N3CCN(c4ccc(C)cc4)CC3)c21. The minimum atomic E-state index is 0.0513. The summed E-state index contributed by atoms with van der Waals surface area (Å²) < 4.78 is 0. The van der Waals surface area contributed by atoms with Gasteiger partial charge in [0, 0.05) is 67.7 Å². The highest BCUT2D eigenvalue weighted by Crippen LogP contribution is 2.39. The summed E-state index contributed by atoms with van der Waals surface area (Å²) in [4.78, 5) is 22.5. The van der Waals surface area contributed by atoms with Crippen LogP contribution >= 0.6 is 0 Å². The maximum atomic E-state index is 13.6. The van der Waals surface area contributed by atoms with Crippen LogP contribution in [0.25, 0.3) is 5.70 Å². The maximum Gasteiger partial charge on any atom is 0.192 e. The molecular formula is C29H31N5O. The van der Waals surface area contributed by atoms with E-state index in [1.54, 1.807) is 7.05 Å². The number of nitrogens with zero attached hydrogens (tertiary/aromatic N) is 3. The number of ketones is 1. The summed E-state index contributed by atoms with van der Waals surface area (Å²) in [6.07, 6.45) is 0.536. The van der Waals surface area contributed by atoms with Gasteiger partial charge in [0.05, 0.1) is 5.70 Å². The molecule has 3 aromatic rings. The minimum absolute atomic E-state index is 0.0513. The molecule has 1 saturated heterocycles. The zero-order valence-corrected chi connectivity index (χ0v) is 20.3. The fraction of sp³-hybridized carbons (Fsp3) is 0.241. The molecule has 1 aliphatic carbocycles. The number of Topliss-reactive ketones (excluding diaryl/α,β-unsaturated/α-hetero) is 1. The molecule has 3 aromatic carbocycles. The van der Waals surface area contributed by atoms with Crippen molar-refractivity contribution in [2.24, 2.45) is 10.7 Å². The van der Waals surface area contributed by atoms with Crippen LogP contribution in [0.2, 0.25) is 0 Å². The van der Waals surface area contributed by atoms with Gasteiger partial charge in [0.2, 0.25) is 0 Å². The Labute approximate surface area is 206 Å². The fourth-order valence-electron chi connectivity index (χ4n) is 4.93. The van der Waals surface area contributed by atoms with E-state index in [1.165, 1.54) is 11.3 Å². The second-order valence-electron chi connectivity index (χ2n) is 9.09. The van der Waals surface area contributed by atoms with Gasteiger partial charge in [0.1, 0.15) is 0 Å². The number of benzene rings is 3. The van der Waals surface area contributed by atoms with E-state index < -0.39 is 0 Å². The first-order valence-electron chi connectivity index (χ1n) is 12.1. The molecule has 0 aromatic heterocycles. The van der Waals surface area contributed by atoms with Crippen LogP contribution in [0.15, 0.2) is 83.4 Å². The number of anilines is 2. The lowest BCUT2D eigenvalue weighted by Gasteiger charge is -2.38. The van der Waals surface area contributed by atoms with Crippen molar-refractivity contribution >= 4 is 28.8 Å². The summed E-state index contributed by atoms with van der Waals surface area (Å²) in [6.45, 7) is 5.69. The number of aliphatic imine (C=N–C) groups is 1. The third-order valence-corrected chi connectivity index (χ3v) is 6.85. The predicted octanol–water partition coefficient (Wildman–Crippen LogP) is 4.01. The van der Waals surface area contributed by atoms with E-state index in [0.717, 1.165) is 59.8 Å². The van der Waals surface area contributed by atoms with Crippen molar-refractivity contribution in [3.8, 4) is 0 Å². The van der Waals surface area contributed by atoms with Gasteiger partial charge < -0.3 is 20.9 Å². The summed E-state index contributed by atoms with van der Waals surface area (Å²) >= 11 is 0. The van der Waals surface area contributed by atoms with E-state index in [2.05, 4.69) is 57.4 Å². The Hall–Kier alpha value is -4.06. The highest BCUT2D eigenvalue weighted by Gasteiger charge is 2.34. The molecule has 2 aliphatic rings. The molecule has 1 fully saturated rings. The zero-order chi connectivity index (χ0) is 24.4. The molecule has 6 heteroatoms. The van der Waals surface area contributed by atoms with Crippen molar-refractivity contribution in [2.45, 2.75) is 13.3 Å². The highest BCUT2D eigenvalue weighted by molar-refractivity contribution is 6.23. The summed E-state index contributed by atoms with van der Waals surface area (Å²) in [5.41, 5.74) is 13.9. The van der Waals surface area contributed by atoms with Gasteiger partial charge in [-0.15, -0.1) is 0 Å². The molecule has 5 rings (SSSR count). The number of nitrogens with two attached hydrogens (primary N) is 1. The molecule has 0 atom stereocenters. The Morgan fingerprint density at radius 2 is 1.60 bits per heavy atom. The molecule has 0 saturated carbocycles. The van der Waals surface area contributed by atoms with Crippen LogP contribution in [0.4, 0.5) is 11.4 Å². The predicted molar refractivity (Wildman–Crippen MR) is 144 cm³/mol. The number of hydrogen-bond donors (Lipinski definition) is 2. The third kappa shape index (κ3) is 4.52. The van der Waals surface area contributed by atoms with E-state index in [0.29, 0.717) is 12.4 Å². The van der Waals surface area contributed by atoms with Gasteiger partial charge in [-0.2, -0.15) is 0 Å². The largest absolute Gasteiger partial charge is 0.370 e. The van der Waals surface area contributed by atoms with Gasteiger partial charge in [0.25, 0.3) is 0 Å². The number of allylic oxidation sites excluding steroid dienone is 1. The lowest BCUT2D eigenvalue weighted by Crippen LogP contribution is -2.47.